The molecule has 0 aliphatic carbocycles. The molecule has 1 aromatic heterocycles. The topological polar surface area (TPSA) is 34.4 Å². The summed E-state index contributed by atoms with van der Waals surface area (Å²) >= 11 is 7.67. The van der Waals surface area contributed by atoms with Crippen LogP contribution in [0.25, 0.3) is 10.2 Å². The van der Waals surface area contributed by atoms with Gasteiger partial charge >= 0.3 is 0 Å². The van der Waals surface area contributed by atoms with Gasteiger partial charge < -0.3 is 4.57 Å². The number of aryl methyl sites for hydroxylation is 1. The minimum absolute atomic E-state index is 0.192. The van der Waals surface area contributed by atoms with Crippen LogP contribution in [-0.4, -0.2) is 10.5 Å². The lowest BCUT2D eigenvalue weighted by molar-refractivity contribution is -0.117. The Balaban J connectivity index is 2.08. The standard InChI is InChI=1S/C19H15ClN2OS/c1-3-11-22-18-13(2)15(20)9-10-16(18)24-19(22)21-17(23)12-14-7-5-4-6-8-14/h1,4-10H,11-12H2,2H3. The third-order valence-electron chi connectivity index (χ3n) is 3.70. The molecule has 0 spiro atoms. The van der Waals surface area contributed by atoms with Crippen molar-refractivity contribution < 1.29 is 4.79 Å². The maximum Gasteiger partial charge on any atom is 0.252 e. The van der Waals surface area contributed by atoms with Gasteiger partial charge in [0, 0.05) is 5.02 Å². The summed E-state index contributed by atoms with van der Waals surface area (Å²) in [5.74, 6) is 2.44. The Morgan fingerprint density at radius 2 is 2.04 bits per heavy atom. The number of benzene rings is 2. The molecule has 5 heteroatoms. The van der Waals surface area contributed by atoms with Crippen molar-refractivity contribution in [1.29, 1.82) is 0 Å². The minimum Gasteiger partial charge on any atom is -0.304 e. The average molecular weight is 355 g/mol. The van der Waals surface area contributed by atoms with Gasteiger partial charge in [0.05, 0.1) is 23.2 Å². The number of halogens is 1. The highest BCUT2D eigenvalue weighted by Gasteiger charge is 2.11. The van der Waals surface area contributed by atoms with Crippen LogP contribution < -0.4 is 4.80 Å². The lowest BCUT2D eigenvalue weighted by Crippen LogP contribution is -2.17. The summed E-state index contributed by atoms with van der Waals surface area (Å²) in [5, 5.41) is 0.674. The highest BCUT2D eigenvalue weighted by molar-refractivity contribution is 7.16. The number of thiazole rings is 1. The summed E-state index contributed by atoms with van der Waals surface area (Å²) in [7, 11) is 0. The quantitative estimate of drug-likeness (QED) is 0.655. The molecule has 3 nitrogen and oxygen atoms in total. The van der Waals surface area contributed by atoms with Gasteiger partial charge in [-0.25, -0.2) is 0 Å². The molecule has 0 N–H and O–H groups in total. The molecule has 0 fully saturated rings. The first-order valence-electron chi connectivity index (χ1n) is 7.43. The lowest BCUT2D eigenvalue weighted by Gasteiger charge is -2.04. The normalized spacial score (nSPS) is 11.6. The number of terminal acetylenes is 1. The molecule has 0 atom stereocenters. The fraction of sp³-hybridized carbons (Fsp3) is 0.158. The predicted molar refractivity (Wildman–Crippen MR) is 99.1 cm³/mol. The van der Waals surface area contributed by atoms with E-state index < -0.39 is 0 Å². The van der Waals surface area contributed by atoms with Crippen LogP contribution >= 0.6 is 22.9 Å². The van der Waals surface area contributed by atoms with E-state index in [9.17, 15) is 4.79 Å². The summed E-state index contributed by atoms with van der Waals surface area (Å²) in [5.41, 5.74) is 2.82. The molecule has 120 valence electrons. The van der Waals surface area contributed by atoms with Crippen LogP contribution in [0.5, 0.6) is 0 Å². The van der Waals surface area contributed by atoms with Crippen LogP contribution in [0.4, 0.5) is 0 Å². The molecule has 3 rings (SSSR count). The van der Waals surface area contributed by atoms with Crippen molar-refractivity contribution in [1.82, 2.24) is 4.57 Å². The number of carbonyl (C=O) groups is 1. The molecular formula is C19H15ClN2OS. The summed E-state index contributed by atoms with van der Waals surface area (Å²) in [6.07, 6.45) is 5.77. The first kappa shape index (κ1) is 16.5. The van der Waals surface area contributed by atoms with Crippen molar-refractivity contribution in [3.63, 3.8) is 0 Å². The van der Waals surface area contributed by atoms with Gasteiger partial charge in [-0.2, -0.15) is 4.99 Å². The Kier molecular flexibility index (Phi) is 4.84. The van der Waals surface area contributed by atoms with E-state index in [1.165, 1.54) is 11.3 Å². The van der Waals surface area contributed by atoms with Crippen LogP contribution in [0.3, 0.4) is 0 Å². The second-order valence-corrected chi connectivity index (χ2v) is 6.78. The highest BCUT2D eigenvalue weighted by atomic mass is 35.5. The molecule has 0 bridgehead atoms. The van der Waals surface area contributed by atoms with Crippen molar-refractivity contribution in [2.24, 2.45) is 4.99 Å². The smallest absolute Gasteiger partial charge is 0.252 e. The van der Waals surface area contributed by atoms with E-state index in [-0.39, 0.29) is 12.3 Å². The zero-order valence-corrected chi connectivity index (χ0v) is 14.7. The first-order valence-corrected chi connectivity index (χ1v) is 8.63. The van der Waals surface area contributed by atoms with Crippen LogP contribution in [0.2, 0.25) is 5.02 Å². The molecule has 2 aromatic carbocycles. The molecular weight excluding hydrogens is 340 g/mol. The third-order valence-corrected chi connectivity index (χ3v) is 5.15. The van der Waals surface area contributed by atoms with E-state index in [0.717, 1.165) is 21.3 Å². The van der Waals surface area contributed by atoms with Crippen LogP contribution in [0.1, 0.15) is 11.1 Å². The Morgan fingerprint density at radius 3 is 2.75 bits per heavy atom. The van der Waals surface area contributed by atoms with Gasteiger partial charge in [0.25, 0.3) is 5.91 Å². The van der Waals surface area contributed by atoms with Crippen LogP contribution in [0.15, 0.2) is 47.5 Å². The Bertz CT molecular complexity index is 1010. The molecule has 0 unspecified atom stereocenters. The van der Waals surface area contributed by atoms with E-state index in [4.69, 9.17) is 18.0 Å². The average Bonchev–Trinajstić information content (AvgIpc) is 2.90. The highest BCUT2D eigenvalue weighted by Crippen LogP contribution is 2.27. The van der Waals surface area contributed by atoms with Crippen LogP contribution in [0, 0.1) is 19.3 Å². The number of hydrogen-bond donors (Lipinski definition) is 0. The van der Waals surface area contributed by atoms with Gasteiger partial charge in [-0.15, -0.1) is 6.42 Å². The van der Waals surface area contributed by atoms with E-state index in [1.807, 2.05) is 54.0 Å². The molecule has 0 aliphatic heterocycles. The minimum atomic E-state index is -0.192. The van der Waals surface area contributed by atoms with E-state index in [0.29, 0.717) is 16.4 Å². The summed E-state index contributed by atoms with van der Waals surface area (Å²) in [6.45, 7) is 2.29. The fourth-order valence-electron chi connectivity index (χ4n) is 2.56. The largest absolute Gasteiger partial charge is 0.304 e. The van der Waals surface area contributed by atoms with Gasteiger partial charge in [0.1, 0.15) is 0 Å². The fourth-order valence-corrected chi connectivity index (χ4v) is 3.81. The first-order chi connectivity index (χ1) is 11.6. The molecule has 3 aromatic rings. The van der Waals surface area contributed by atoms with E-state index in [2.05, 4.69) is 10.9 Å². The maximum atomic E-state index is 12.3. The number of amides is 1. The summed E-state index contributed by atoms with van der Waals surface area (Å²) in [4.78, 5) is 17.2. The van der Waals surface area contributed by atoms with Gasteiger partial charge in [0.2, 0.25) is 0 Å². The predicted octanol–water partition coefficient (Wildman–Crippen LogP) is 3.97. The number of nitrogens with zero attached hydrogens (tertiary/aromatic N) is 2. The molecule has 1 heterocycles. The molecule has 0 saturated heterocycles. The van der Waals surface area contributed by atoms with Gasteiger partial charge in [-0.05, 0) is 30.2 Å². The maximum absolute atomic E-state index is 12.3. The Hall–Kier alpha value is -2.35. The van der Waals surface area contributed by atoms with Crippen molar-refractivity contribution in [2.45, 2.75) is 19.9 Å². The zero-order valence-electron chi connectivity index (χ0n) is 13.1. The number of aromatic nitrogens is 1. The van der Waals surface area contributed by atoms with Crippen molar-refractivity contribution in [3.8, 4) is 12.3 Å². The van der Waals surface area contributed by atoms with Crippen molar-refractivity contribution in [2.75, 3.05) is 0 Å². The number of fused-ring (bicyclic) bond motifs is 1. The Morgan fingerprint density at radius 1 is 1.29 bits per heavy atom. The molecule has 1 amide bonds. The molecule has 0 radical (unpaired) electrons. The van der Waals surface area contributed by atoms with Gasteiger partial charge in [-0.3, -0.25) is 4.79 Å². The Labute approximate surface area is 149 Å². The van der Waals surface area contributed by atoms with Gasteiger partial charge in [-0.1, -0.05) is 59.2 Å². The molecule has 24 heavy (non-hydrogen) atoms. The summed E-state index contributed by atoms with van der Waals surface area (Å²) in [6, 6.07) is 13.4. The second kappa shape index (κ2) is 7.04. The monoisotopic (exact) mass is 354 g/mol. The lowest BCUT2D eigenvalue weighted by atomic mass is 10.1. The van der Waals surface area contributed by atoms with Gasteiger partial charge in [0.15, 0.2) is 4.80 Å². The molecule has 0 saturated carbocycles. The zero-order chi connectivity index (χ0) is 17.1. The number of carbonyl (C=O) groups excluding carboxylic acids is 1. The summed E-state index contributed by atoms with van der Waals surface area (Å²) < 4.78 is 2.89. The molecule has 0 aliphatic rings. The number of hydrogen-bond acceptors (Lipinski definition) is 2. The SMILES string of the molecule is C#CCn1c(=NC(=O)Cc2ccccc2)sc2ccc(Cl)c(C)c21. The number of rotatable bonds is 3. The van der Waals surface area contributed by atoms with Crippen LogP contribution in [-0.2, 0) is 17.8 Å². The second-order valence-electron chi connectivity index (χ2n) is 5.36. The van der Waals surface area contributed by atoms with E-state index in [1.54, 1.807) is 0 Å². The third kappa shape index (κ3) is 3.28. The van der Waals surface area contributed by atoms with E-state index >= 15 is 0 Å². The van der Waals surface area contributed by atoms with Crippen molar-refractivity contribution >= 4 is 39.1 Å². The van der Waals surface area contributed by atoms with Crippen molar-refractivity contribution in [3.05, 3.63) is 63.4 Å².